The fourth-order valence-corrected chi connectivity index (χ4v) is 2.74. The van der Waals surface area contributed by atoms with Gasteiger partial charge in [-0.2, -0.15) is 19.3 Å². The normalized spacial score (nSPS) is 11.3. The van der Waals surface area contributed by atoms with Crippen molar-refractivity contribution in [1.29, 1.82) is 0 Å². The zero-order chi connectivity index (χ0) is 17.6. The first-order valence-electron chi connectivity index (χ1n) is 7.14. The molecule has 0 radical (unpaired) electrons. The smallest absolute Gasteiger partial charge is 0.270 e. The highest BCUT2D eigenvalue weighted by atomic mass is 32.1. The highest BCUT2D eigenvalue weighted by Crippen LogP contribution is 2.07. The van der Waals surface area contributed by atoms with Crippen LogP contribution in [-0.4, -0.2) is 59.9 Å². The van der Waals surface area contributed by atoms with E-state index >= 15 is 0 Å². The molecular formula is C11H12N12S2. The molecule has 0 aromatic carbocycles. The largest absolute Gasteiger partial charge is 0.276 e. The van der Waals surface area contributed by atoms with Gasteiger partial charge in [-0.1, -0.05) is 0 Å². The number of aryl methyl sites for hydroxylation is 2. The van der Waals surface area contributed by atoms with Crippen LogP contribution < -0.4 is 0 Å². The minimum atomic E-state index is 0.356. The standard InChI is InChI=1S/C11H12N12S2/c1-4-12-10(24)22(20-4)8-14-6(16-18-8)3-7-15-9(19-17-7)23-11(25)13-5(2)21-23/h3H2,1-2H3,(H,12,20,24)(H,13,21,25)(H,14,16,18)(H,15,17,19). The zero-order valence-electron chi connectivity index (χ0n) is 13.1. The lowest BCUT2D eigenvalue weighted by Gasteiger charge is -1.93. The molecule has 0 aliphatic heterocycles. The van der Waals surface area contributed by atoms with Gasteiger partial charge in [-0.05, 0) is 38.3 Å². The van der Waals surface area contributed by atoms with Crippen molar-refractivity contribution in [2.24, 2.45) is 0 Å². The van der Waals surface area contributed by atoms with Gasteiger partial charge in [-0.3, -0.25) is 20.4 Å². The number of nitrogens with zero attached hydrogens (tertiary/aromatic N) is 8. The van der Waals surface area contributed by atoms with Crippen molar-refractivity contribution in [2.75, 3.05) is 0 Å². The average molecular weight is 376 g/mol. The summed E-state index contributed by atoms with van der Waals surface area (Å²) in [6, 6.07) is 0. The molecule has 0 bridgehead atoms. The third-order valence-corrected chi connectivity index (χ3v) is 3.78. The van der Waals surface area contributed by atoms with Crippen molar-refractivity contribution in [3.05, 3.63) is 32.8 Å². The maximum Gasteiger partial charge on any atom is 0.270 e. The van der Waals surface area contributed by atoms with Gasteiger partial charge in [0.15, 0.2) is 0 Å². The van der Waals surface area contributed by atoms with Crippen LogP contribution in [0, 0.1) is 23.4 Å². The van der Waals surface area contributed by atoms with Crippen LogP contribution in [0.4, 0.5) is 0 Å². The molecule has 25 heavy (non-hydrogen) atoms. The summed E-state index contributed by atoms with van der Waals surface area (Å²) in [4.78, 5) is 17.0. The molecule has 4 aromatic rings. The van der Waals surface area contributed by atoms with E-state index in [1.54, 1.807) is 13.8 Å². The molecule has 4 N–H and O–H groups in total. The number of hydrogen-bond donors (Lipinski definition) is 4. The summed E-state index contributed by atoms with van der Waals surface area (Å²) in [6.07, 6.45) is 0.376. The third-order valence-electron chi connectivity index (χ3n) is 3.23. The van der Waals surface area contributed by atoms with Crippen molar-refractivity contribution < 1.29 is 0 Å². The van der Waals surface area contributed by atoms with E-state index in [4.69, 9.17) is 24.4 Å². The van der Waals surface area contributed by atoms with Gasteiger partial charge < -0.3 is 0 Å². The first kappa shape index (κ1) is 15.5. The van der Waals surface area contributed by atoms with Crippen LogP contribution in [-0.2, 0) is 6.42 Å². The minimum Gasteiger partial charge on any atom is -0.276 e. The van der Waals surface area contributed by atoms with Crippen LogP contribution in [0.1, 0.15) is 23.3 Å². The molecule has 128 valence electrons. The Bertz CT molecular complexity index is 1060. The molecule has 0 aliphatic carbocycles. The highest BCUT2D eigenvalue weighted by molar-refractivity contribution is 7.71. The van der Waals surface area contributed by atoms with Gasteiger partial charge in [0.25, 0.3) is 11.9 Å². The van der Waals surface area contributed by atoms with Crippen molar-refractivity contribution in [3.8, 4) is 11.9 Å². The number of aromatic amines is 4. The van der Waals surface area contributed by atoms with Gasteiger partial charge in [0, 0.05) is 0 Å². The lowest BCUT2D eigenvalue weighted by molar-refractivity contribution is 0.792. The number of rotatable bonds is 4. The van der Waals surface area contributed by atoms with Crippen molar-refractivity contribution in [2.45, 2.75) is 20.3 Å². The van der Waals surface area contributed by atoms with Crippen LogP contribution in [0.5, 0.6) is 0 Å². The lowest BCUT2D eigenvalue weighted by Crippen LogP contribution is -2.00. The first-order valence-corrected chi connectivity index (χ1v) is 7.96. The lowest BCUT2D eigenvalue weighted by atomic mass is 10.4. The first-order chi connectivity index (χ1) is 12.0. The van der Waals surface area contributed by atoms with Crippen LogP contribution in [0.15, 0.2) is 0 Å². The Hall–Kier alpha value is -3.00. The van der Waals surface area contributed by atoms with Crippen LogP contribution in [0.2, 0.25) is 0 Å². The third kappa shape index (κ3) is 2.91. The van der Waals surface area contributed by atoms with Crippen molar-refractivity contribution in [3.63, 3.8) is 0 Å². The Morgan fingerprint density at radius 2 is 1.20 bits per heavy atom. The SMILES string of the molecule is Cc1nc(=S)n(-c2n[nH]c(Cc3nc(-n4[nH]c(C)nc4=S)n[nH]3)n2)[nH]1. The summed E-state index contributed by atoms with van der Waals surface area (Å²) in [7, 11) is 0. The second-order valence-electron chi connectivity index (χ2n) is 5.19. The number of H-pyrrole nitrogens is 4. The summed E-state index contributed by atoms with van der Waals surface area (Å²) in [5.74, 6) is 3.32. The Morgan fingerprint density at radius 1 is 0.760 bits per heavy atom. The molecule has 0 saturated heterocycles. The van der Waals surface area contributed by atoms with Gasteiger partial charge in [-0.15, -0.1) is 10.2 Å². The average Bonchev–Trinajstić information content (AvgIpc) is 3.29. The molecule has 0 saturated carbocycles. The fraction of sp³-hybridized carbons (Fsp3) is 0.273. The predicted octanol–water partition coefficient (Wildman–Crippen LogP) is 0.617. The monoisotopic (exact) mass is 376 g/mol. The summed E-state index contributed by atoms with van der Waals surface area (Å²) in [5, 5.41) is 19.9. The van der Waals surface area contributed by atoms with Gasteiger partial charge >= 0.3 is 0 Å². The molecule has 0 amide bonds. The maximum absolute atomic E-state index is 5.14. The summed E-state index contributed by atoms with van der Waals surface area (Å²) < 4.78 is 3.75. The Kier molecular flexibility index (Phi) is 3.61. The number of hydrogen-bond acceptors (Lipinski definition) is 8. The molecule has 14 heteroatoms. The molecule has 0 atom stereocenters. The van der Waals surface area contributed by atoms with Crippen molar-refractivity contribution in [1.82, 2.24) is 59.9 Å². The highest BCUT2D eigenvalue weighted by Gasteiger charge is 2.12. The van der Waals surface area contributed by atoms with E-state index in [0.717, 1.165) is 0 Å². The van der Waals surface area contributed by atoms with Crippen LogP contribution in [0.3, 0.4) is 0 Å². The number of aromatic nitrogens is 12. The molecule has 4 rings (SSSR count). The molecule has 4 aromatic heterocycles. The topological polar surface area (TPSA) is 150 Å². The van der Waals surface area contributed by atoms with Crippen molar-refractivity contribution >= 4 is 24.4 Å². The number of nitrogens with one attached hydrogen (secondary N) is 4. The predicted molar refractivity (Wildman–Crippen MR) is 89.7 cm³/mol. The van der Waals surface area contributed by atoms with Gasteiger partial charge in [0.1, 0.15) is 23.3 Å². The van der Waals surface area contributed by atoms with E-state index in [0.29, 0.717) is 51.2 Å². The summed E-state index contributed by atoms with van der Waals surface area (Å²) in [5.41, 5.74) is 0. The van der Waals surface area contributed by atoms with E-state index in [9.17, 15) is 0 Å². The van der Waals surface area contributed by atoms with Gasteiger partial charge in [0.05, 0.1) is 6.42 Å². The molecule has 0 fully saturated rings. The molecule has 4 heterocycles. The summed E-state index contributed by atoms with van der Waals surface area (Å²) >= 11 is 10.3. The molecule has 0 unspecified atom stereocenters. The fourth-order valence-electron chi connectivity index (χ4n) is 2.21. The minimum absolute atomic E-state index is 0.356. The van der Waals surface area contributed by atoms with E-state index < -0.39 is 0 Å². The second kappa shape index (κ2) is 5.82. The molecular weight excluding hydrogens is 364 g/mol. The Labute approximate surface area is 149 Å². The van der Waals surface area contributed by atoms with Crippen LogP contribution >= 0.6 is 24.4 Å². The molecule has 0 spiro atoms. The quantitative estimate of drug-likeness (QED) is 0.378. The summed E-state index contributed by atoms with van der Waals surface area (Å²) in [6.45, 7) is 3.61. The van der Waals surface area contributed by atoms with Crippen LogP contribution in [0.25, 0.3) is 11.9 Å². The second-order valence-corrected chi connectivity index (χ2v) is 5.93. The molecule has 0 aliphatic rings. The Balaban J connectivity index is 1.58. The van der Waals surface area contributed by atoms with E-state index in [1.807, 2.05) is 0 Å². The van der Waals surface area contributed by atoms with Gasteiger partial charge in [-0.25, -0.2) is 9.97 Å². The van der Waals surface area contributed by atoms with E-state index in [1.165, 1.54) is 9.36 Å². The van der Waals surface area contributed by atoms with E-state index in [-0.39, 0.29) is 0 Å². The maximum atomic E-state index is 5.14. The Morgan fingerprint density at radius 3 is 1.56 bits per heavy atom. The van der Waals surface area contributed by atoms with E-state index in [2.05, 4.69) is 50.5 Å². The van der Waals surface area contributed by atoms with Gasteiger partial charge in [0.2, 0.25) is 9.54 Å². The zero-order valence-corrected chi connectivity index (χ0v) is 14.7. The molecule has 12 nitrogen and oxygen atoms in total.